The summed E-state index contributed by atoms with van der Waals surface area (Å²) in [6.45, 7) is 5.47. The zero-order valence-electron chi connectivity index (χ0n) is 13.9. The third kappa shape index (κ3) is 3.79. The molecule has 0 fully saturated rings. The molecule has 1 heterocycles. The van der Waals surface area contributed by atoms with Crippen LogP contribution in [0.4, 0.5) is 0 Å². The van der Waals surface area contributed by atoms with Crippen molar-refractivity contribution in [1.82, 2.24) is 14.9 Å². The second-order valence-corrected chi connectivity index (χ2v) is 6.09. The molecule has 0 spiro atoms. The van der Waals surface area contributed by atoms with E-state index in [0.717, 1.165) is 5.56 Å². The Labute approximate surface area is 139 Å². The molecular weight excluding hydrogens is 310 g/mol. The molecule has 0 aliphatic heterocycles. The molecule has 1 aromatic carbocycles. The Balaban J connectivity index is 2.11. The van der Waals surface area contributed by atoms with Crippen molar-refractivity contribution in [1.29, 1.82) is 0 Å². The van der Waals surface area contributed by atoms with Gasteiger partial charge in [-0.1, -0.05) is 26.0 Å². The zero-order valence-corrected chi connectivity index (χ0v) is 13.9. The molecule has 0 saturated heterocycles. The smallest absolute Gasteiger partial charge is 0.326 e. The van der Waals surface area contributed by atoms with E-state index in [-0.39, 0.29) is 24.4 Å². The van der Waals surface area contributed by atoms with Gasteiger partial charge in [-0.05, 0) is 24.5 Å². The minimum absolute atomic E-state index is 0.00933. The summed E-state index contributed by atoms with van der Waals surface area (Å²) in [5, 5.41) is 12.1. The van der Waals surface area contributed by atoms with Crippen molar-refractivity contribution >= 4 is 22.8 Å². The number of amides is 1. The number of carboxylic acids is 1. The molecule has 0 aliphatic rings. The van der Waals surface area contributed by atoms with Crippen molar-refractivity contribution in [3.05, 3.63) is 40.4 Å². The van der Waals surface area contributed by atoms with E-state index < -0.39 is 17.9 Å². The molecule has 1 atom stereocenters. The molecule has 0 saturated carbocycles. The minimum Gasteiger partial charge on any atom is -0.480 e. The highest BCUT2D eigenvalue weighted by Gasteiger charge is 2.23. The van der Waals surface area contributed by atoms with Gasteiger partial charge in [0.1, 0.15) is 6.04 Å². The molecule has 0 radical (unpaired) electrons. The second kappa shape index (κ2) is 7.25. The molecular formula is C17H21N3O4. The number of benzene rings is 1. The topological polar surface area (TPSA) is 101 Å². The quantitative estimate of drug-likeness (QED) is 0.831. The molecule has 128 valence electrons. The summed E-state index contributed by atoms with van der Waals surface area (Å²) in [6.07, 6.45) is 1.43. The molecule has 2 N–H and O–H groups in total. The molecule has 0 aliphatic carbocycles. The normalized spacial score (nSPS) is 12.3. The average Bonchev–Trinajstić information content (AvgIpc) is 2.52. The Morgan fingerprint density at radius 2 is 2.04 bits per heavy atom. The lowest BCUT2D eigenvalue weighted by atomic mass is 10.0. The van der Waals surface area contributed by atoms with E-state index in [0.29, 0.717) is 10.9 Å². The maximum Gasteiger partial charge on any atom is 0.326 e. The van der Waals surface area contributed by atoms with Crippen molar-refractivity contribution in [3.63, 3.8) is 0 Å². The van der Waals surface area contributed by atoms with Crippen molar-refractivity contribution in [2.75, 3.05) is 0 Å². The number of rotatable bonds is 6. The summed E-state index contributed by atoms with van der Waals surface area (Å²) < 4.78 is 1.37. The lowest BCUT2D eigenvalue weighted by Gasteiger charge is -2.18. The van der Waals surface area contributed by atoms with Gasteiger partial charge in [-0.15, -0.1) is 0 Å². The Hall–Kier alpha value is -2.70. The van der Waals surface area contributed by atoms with Crippen LogP contribution in [0.2, 0.25) is 0 Å². The molecule has 7 nitrogen and oxygen atoms in total. The first kappa shape index (κ1) is 17.7. The number of fused-ring (bicyclic) bond motifs is 1. The number of carbonyl (C=O) groups is 2. The van der Waals surface area contributed by atoms with Crippen LogP contribution in [-0.4, -0.2) is 32.6 Å². The van der Waals surface area contributed by atoms with E-state index >= 15 is 0 Å². The summed E-state index contributed by atoms with van der Waals surface area (Å²) in [6, 6.07) is 4.43. The Morgan fingerprint density at radius 3 is 2.67 bits per heavy atom. The van der Waals surface area contributed by atoms with Crippen molar-refractivity contribution in [2.24, 2.45) is 5.92 Å². The van der Waals surface area contributed by atoms with Crippen LogP contribution in [-0.2, 0) is 16.1 Å². The van der Waals surface area contributed by atoms with Crippen LogP contribution in [0.25, 0.3) is 10.9 Å². The standard InChI is InChI=1S/C17H21N3O4/c1-10(2)14(17(23)24)19-13(21)7-8-20-9-18-15-11(3)5-4-6-12(15)16(20)22/h4-6,9-10,14H,7-8H2,1-3H3,(H,19,21)(H,23,24)/t14-/m0/s1. The van der Waals surface area contributed by atoms with E-state index in [2.05, 4.69) is 10.3 Å². The number of nitrogens with one attached hydrogen (secondary N) is 1. The first-order valence-corrected chi connectivity index (χ1v) is 7.78. The first-order chi connectivity index (χ1) is 11.3. The average molecular weight is 331 g/mol. The van der Waals surface area contributed by atoms with Gasteiger partial charge < -0.3 is 10.4 Å². The maximum absolute atomic E-state index is 12.4. The summed E-state index contributed by atoms with van der Waals surface area (Å²) in [5.74, 6) is -1.70. The van der Waals surface area contributed by atoms with Gasteiger partial charge in [-0.25, -0.2) is 9.78 Å². The van der Waals surface area contributed by atoms with Gasteiger partial charge >= 0.3 is 5.97 Å². The fourth-order valence-electron chi connectivity index (χ4n) is 2.48. The van der Waals surface area contributed by atoms with Crippen LogP contribution in [0, 0.1) is 12.8 Å². The number of carboxylic acid groups (broad SMARTS) is 1. The third-order valence-electron chi connectivity index (χ3n) is 3.88. The maximum atomic E-state index is 12.4. The largest absolute Gasteiger partial charge is 0.480 e. The lowest BCUT2D eigenvalue weighted by molar-refractivity contribution is -0.143. The predicted octanol–water partition coefficient (Wildman–Crippen LogP) is 1.32. The number of carbonyl (C=O) groups excluding carboxylic acids is 1. The van der Waals surface area contributed by atoms with Crippen molar-refractivity contribution < 1.29 is 14.7 Å². The second-order valence-electron chi connectivity index (χ2n) is 6.09. The van der Waals surface area contributed by atoms with Crippen molar-refractivity contribution in [2.45, 2.75) is 39.8 Å². The van der Waals surface area contributed by atoms with Crippen LogP contribution in [0.3, 0.4) is 0 Å². The Morgan fingerprint density at radius 1 is 1.33 bits per heavy atom. The summed E-state index contributed by atoms with van der Waals surface area (Å²) in [7, 11) is 0. The van der Waals surface area contributed by atoms with Crippen LogP contribution < -0.4 is 10.9 Å². The fraction of sp³-hybridized carbons (Fsp3) is 0.412. The van der Waals surface area contributed by atoms with E-state index in [1.54, 1.807) is 26.0 Å². The Bertz CT molecular complexity index is 826. The molecule has 1 aromatic heterocycles. The van der Waals surface area contributed by atoms with Crippen LogP contribution in [0.15, 0.2) is 29.3 Å². The monoisotopic (exact) mass is 331 g/mol. The Kier molecular flexibility index (Phi) is 5.33. The third-order valence-corrected chi connectivity index (χ3v) is 3.88. The highest BCUT2D eigenvalue weighted by molar-refractivity contribution is 5.83. The van der Waals surface area contributed by atoms with Gasteiger partial charge in [0.05, 0.1) is 17.2 Å². The van der Waals surface area contributed by atoms with E-state index in [9.17, 15) is 14.4 Å². The number of hydrogen-bond donors (Lipinski definition) is 2. The lowest BCUT2D eigenvalue weighted by Crippen LogP contribution is -2.44. The molecule has 2 rings (SSSR count). The van der Waals surface area contributed by atoms with Gasteiger partial charge in [0.25, 0.3) is 5.56 Å². The summed E-state index contributed by atoms with van der Waals surface area (Å²) in [5.41, 5.74) is 1.35. The van der Waals surface area contributed by atoms with E-state index in [4.69, 9.17) is 5.11 Å². The van der Waals surface area contributed by atoms with Crippen LogP contribution in [0.5, 0.6) is 0 Å². The molecule has 24 heavy (non-hydrogen) atoms. The molecule has 7 heteroatoms. The summed E-state index contributed by atoms with van der Waals surface area (Å²) >= 11 is 0. The first-order valence-electron chi connectivity index (χ1n) is 7.78. The number of aliphatic carboxylic acids is 1. The number of para-hydroxylation sites is 1. The molecule has 1 amide bonds. The predicted molar refractivity (Wildman–Crippen MR) is 89.8 cm³/mol. The number of nitrogens with zero attached hydrogens (tertiary/aromatic N) is 2. The van der Waals surface area contributed by atoms with Gasteiger partial charge in [0, 0.05) is 13.0 Å². The number of aromatic nitrogens is 2. The SMILES string of the molecule is Cc1cccc2c(=O)n(CCC(=O)N[C@H](C(=O)O)C(C)C)cnc12. The summed E-state index contributed by atoms with van der Waals surface area (Å²) in [4.78, 5) is 39.8. The highest BCUT2D eigenvalue weighted by atomic mass is 16.4. The van der Waals surface area contributed by atoms with Crippen LogP contribution >= 0.6 is 0 Å². The van der Waals surface area contributed by atoms with Gasteiger partial charge in [-0.3, -0.25) is 14.2 Å². The van der Waals surface area contributed by atoms with E-state index in [1.807, 2.05) is 13.0 Å². The van der Waals surface area contributed by atoms with Gasteiger partial charge in [0.2, 0.25) is 5.91 Å². The minimum atomic E-state index is -1.07. The highest BCUT2D eigenvalue weighted by Crippen LogP contribution is 2.11. The van der Waals surface area contributed by atoms with Gasteiger partial charge in [0.15, 0.2) is 0 Å². The number of aryl methyl sites for hydroxylation is 2. The molecule has 0 bridgehead atoms. The van der Waals surface area contributed by atoms with Gasteiger partial charge in [-0.2, -0.15) is 0 Å². The van der Waals surface area contributed by atoms with E-state index in [1.165, 1.54) is 10.9 Å². The van der Waals surface area contributed by atoms with Crippen LogP contribution in [0.1, 0.15) is 25.8 Å². The molecule has 2 aromatic rings. The number of hydrogen-bond acceptors (Lipinski definition) is 4. The van der Waals surface area contributed by atoms with Crippen molar-refractivity contribution in [3.8, 4) is 0 Å². The fourth-order valence-corrected chi connectivity index (χ4v) is 2.48. The molecule has 0 unspecified atom stereocenters. The zero-order chi connectivity index (χ0) is 17.9.